The molecule has 0 atom stereocenters. The number of nitrogens with one attached hydrogen (secondary N) is 1. The summed E-state index contributed by atoms with van der Waals surface area (Å²) in [6.45, 7) is 1.24. The number of rotatable bonds is 6. The fourth-order valence-electron chi connectivity index (χ4n) is 4.11. The van der Waals surface area contributed by atoms with E-state index in [1.165, 1.54) is 12.8 Å². The molecule has 1 aromatic heterocycles. The molecule has 0 unspecified atom stereocenters. The van der Waals surface area contributed by atoms with Gasteiger partial charge in [-0.2, -0.15) is 0 Å². The summed E-state index contributed by atoms with van der Waals surface area (Å²) < 4.78 is 11.6. The number of ether oxygens (including phenoxy) is 1. The maximum absolute atomic E-state index is 13.2. The van der Waals surface area contributed by atoms with Crippen LogP contribution < -0.4 is 5.32 Å². The van der Waals surface area contributed by atoms with Gasteiger partial charge in [0.05, 0.1) is 18.5 Å². The van der Waals surface area contributed by atoms with Crippen molar-refractivity contribution in [2.24, 2.45) is 0 Å². The molecule has 1 saturated carbocycles. The number of likely N-dealkylation sites (tertiary alicyclic amines) is 1. The van der Waals surface area contributed by atoms with Crippen LogP contribution in [0.15, 0.2) is 58.8 Å². The second-order valence-corrected chi connectivity index (χ2v) is 7.93. The zero-order valence-electron chi connectivity index (χ0n) is 17.1. The fourth-order valence-corrected chi connectivity index (χ4v) is 4.11. The molecule has 1 aliphatic carbocycles. The average molecular weight is 408 g/mol. The largest absolute Gasteiger partial charge is 0.465 e. The molecule has 2 amide bonds. The predicted octanol–water partition coefficient (Wildman–Crippen LogP) is 4.00. The molecular formula is C24H28N2O4. The standard InChI is InChI=1S/C24H28N2O4/c27-23(18-7-2-1-3-8-18)25-22(17-21-11-6-16-29-21)24(28)26-14-12-20(13-15-26)30-19-9-4-5-10-19/h1-3,6-8,11,16-17,19-20H,4-5,9-10,12-15H2,(H,25,27)/b22-17+. The second-order valence-electron chi connectivity index (χ2n) is 7.93. The van der Waals surface area contributed by atoms with Crippen molar-refractivity contribution in [3.8, 4) is 0 Å². The molecule has 0 spiro atoms. The number of hydrogen-bond acceptors (Lipinski definition) is 4. The van der Waals surface area contributed by atoms with Crippen LogP contribution in [0.5, 0.6) is 0 Å². The summed E-state index contributed by atoms with van der Waals surface area (Å²) >= 11 is 0. The third-order valence-electron chi connectivity index (χ3n) is 5.76. The molecule has 4 rings (SSSR count). The maximum atomic E-state index is 13.2. The first-order valence-corrected chi connectivity index (χ1v) is 10.8. The van der Waals surface area contributed by atoms with Crippen LogP contribution in [0.25, 0.3) is 6.08 Å². The van der Waals surface area contributed by atoms with Crippen molar-refractivity contribution in [2.75, 3.05) is 13.1 Å². The molecule has 1 N–H and O–H groups in total. The topological polar surface area (TPSA) is 71.8 Å². The van der Waals surface area contributed by atoms with Crippen LogP contribution in [0.2, 0.25) is 0 Å². The zero-order chi connectivity index (χ0) is 20.8. The van der Waals surface area contributed by atoms with E-state index in [0.717, 1.165) is 25.7 Å². The molecule has 1 saturated heterocycles. The Balaban J connectivity index is 1.41. The fraction of sp³-hybridized carbons (Fsp3) is 0.417. The van der Waals surface area contributed by atoms with Gasteiger partial charge in [-0.15, -0.1) is 0 Å². The zero-order valence-corrected chi connectivity index (χ0v) is 17.1. The molecule has 0 bridgehead atoms. The molecule has 1 aliphatic heterocycles. The minimum absolute atomic E-state index is 0.199. The monoisotopic (exact) mass is 408 g/mol. The highest BCUT2D eigenvalue weighted by Crippen LogP contribution is 2.26. The Morgan fingerprint density at radius 1 is 0.967 bits per heavy atom. The van der Waals surface area contributed by atoms with E-state index in [1.807, 2.05) is 6.07 Å². The van der Waals surface area contributed by atoms with Crippen LogP contribution in [0.3, 0.4) is 0 Å². The van der Waals surface area contributed by atoms with Crippen molar-refractivity contribution in [3.05, 3.63) is 65.7 Å². The number of amides is 2. The van der Waals surface area contributed by atoms with Gasteiger partial charge < -0.3 is 19.4 Å². The third-order valence-corrected chi connectivity index (χ3v) is 5.76. The smallest absolute Gasteiger partial charge is 0.270 e. The molecule has 30 heavy (non-hydrogen) atoms. The van der Waals surface area contributed by atoms with Crippen molar-refractivity contribution < 1.29 is 18.7 Å². The maximum Gasteiger partial charge on any atom is 0.270 e. The van der Waals surface area contributed by atoms with Crippen molar-refractivity contribution in [1.82, 2.24) is 10.2 Å². The van der Waals surface area contributed by atoms with Crippen LogP contribution >= 0.6 is 0 Å². The number of benzene rings is 1. The summed E-state index contributed by atoms with van der Waals surface area (Å²) in [4.78, 5) is 27.6. The number of hydrogen-bond donors (Lipinski definition) is 1. The van der Waals surface area contributed by atoms with Gasteiger partial charge in [0.1, 0.15) is 11.5 Å². The average Bonchev–Trinajstić information content (AvgIpc) is 3.48. The molecule has 2 aromatic rings. The number of carbonyl (C=O) groups excluding carboxylic acids is 2. The van der Waals surface area contributed by atoms with E-state index < -0.39 is 0 Å². The molecule has 2 heterocycles. The minimum atomic E-state index is -0.318. The van der Waals surface area contributed by atoms with Crippen LogP contribution in [0, 0.1) is 0 Å². The second kappa shape index (κ2) is 9.76. The van der Waals surface area contributed by atoms with Crippen LogP contribution in [-0.2, 0) is 9.53 Å². The number of carbonyl (C=O) groups is 2. The summed E-state index contributed by atoms with van der Waals surface area (Å²) in [7, 11) is 0. The Morgan fingerprint density at radius 3 is 2.33 bits per heavy atom. The van der Waals surface area contributed by atoms with Gasteiger partial charge in [0, 0.05) is 24.7 Å². The van der Waals surface area contributed by atoms with E-state index >= 15 is 0 Å². The first-order chi connectivity index (χ1) is 14.7. The van der Waals surface area contributed by atoms with Crippen molar-refractivity contribution in [2.45, 2.75) is 50.7 Å². The lowest BCUT2D eigenvalue weighted by atomic mass is 10.1. The SMILES string of the molecule is O=C(N/C(=C/c1ccco1)C(=O)N1CCC(OC2CCCC2)CC1)c1ccccc1. The Kier molecular flexibility index (Phi) is 6.64. The Morgan fingerprint density at radius 2 is 1.67 bits per heavy atom. The minimum Gasteiger partial charge on any atom is -0.465 e. The van der Waals surface area contributed by atoms with Gasteiger partial charge in [-0.25, -0.2) is 0 Å². The van der Waals surface area contributed by atoms with Gasteiger partial charge in [-0.1, -0.05) is 31.0 Å². The summed E-state index contributed by atoms with van der Waals surface area (Å²) in [6.07, 6.45) is 10.2. The third kappa shape index (κ3) is 5.19. The molecule has 6 heteroatoms. The van der Waals surface area contributed by atoms with E-state index in [-0.39, 0.29) is 23.6 Å². The number of piperidine rings is 1. The van der Waals surface area contributed by atoms with E-state index in [0.29, 0.717) is 30.5 Å². The highest BCUT2D eigenvalue weighted by atomic mass is 16.5. The van der Waals surface area contributed by atoms with Crippen molar-refractivity contribution in [3.63, 3.8) is 0 Å². The first-order valence-electron chi connectivity index (χ1n) is 10.8. The summed E-state index contributed by atoms with van der Waals surface area (Å²) in [5, 5.41) is 2.78. The number of nitrogens with zero attached hydrogens (tertiary/aromatic N) is 1. The summed E-state index contributed by atoms with van der Waals surface area (Å²) in [5.41, 5.74) is 0.716. The Hall–Kier alpha value is -2.86. The normalized spacial score (nSPS) is 18.5. The van der Waals surface area contributed by atoms with E-state index in [4.69, 9.17) is 9.15 Å². The number of furan rings is 1. The summed E-state index contributed by atoms with van der Waals surface area (Å²) in [5.74, 6) is 0.00220. The van der Waals surface area contributed by atoms with E-state index in [1.54, 1.807) is 53.6 Å². The molecule has 2 aliphatic rings. The van der Waals surface area contributed by atoms with E-state index in [9.17, 15) is 9.59 Å². The highest BCUT2D eigenvalue weighted by molar-refractivity contribution is 6.05. The van der Waals surface area contributed by atoms with E-state index in [2.05, 4.69) is 5.32 Å². The van der Waals surface area contributed by atoms with Gasteiger partial charge in [-0.05, 0) is 49.9 Å². The summed E-state index contributed by atoms with van der Waals surface area (Å²) in [6, 6.07) is 12.4. The van der Waals surface area contributed by atoms with Crippen LogP contribution in [0.4, 0.5) is 0 Å². The molecular weight excluding hydrogens is 380 g/mol. The molecule has 2 fully saturated rings. The van der Waals surface area contributed by atoms with Crippen molar-refractivity contribution >= 4 is 17.9 Å². The van der Waals surface area contributed by atoms with Crippen molar-refractivity contribution in [1.29, 1.82) is 0 Å². The Bertz CT molecular complexity index is 862. The lowest BCUT2D eigenvalue weighted by Crippen LogP contribution is -2.44. The Labute approximate surface area is 176 Å². The lowest BCUT2D eigenvalue weighted by molar-refractivity contribution is -0.130. The predicted molar refractivity (Wildman–Crippen MR) is 114 cm³/mol. The van der Waals surface area contributed by atoms with Crippen LogP contribution in [0.1, 0.15) is 54.6 Å². The van der Waals surface area contributed by atoms with Gasteiger partial charge in [0.2, 0.25) is 0 Å². The molecule has 158 valence electrons. The van der Waals surface area contributed by atoms with Gasteiger partial charge in [-0.3, -0.25) is 9.59 Å². The molecule has 0 radical (unpaired) electrons. The van der Waals surface area contributed by atoms with Gasteiger partial charge >= 0.3 is 0 Å². The highest BCUT2D eigenvalue weighted by Gasteiger charge is 2.28. The quantitative estimate of drug-likeness (QED) is 0.734. The molecule has 1 aromatic carbocycles. The molecule has 6 nitrogen and oxygen atoms in total. The first kappa shape index (κ1) is 20.4. The van der Waals surface area contributed by atoms with Gasteiger partial charge in [0.25, 0.3) is 11.8 Å². The van der Waals surface area contributed by atoms with Crippen LogP contribution in [-0.4, -0.2) is 42.0 Å². The van der Waals surface area contributed by atoms with Gasteiger partial charge in [0.15, 0.2) is 0 Å². The lowest BCUT2D eigenvalue weighted by Gasteiger charge is -2.33.